The highest BCUT2D eigenvalue weighted by atomic mass is 32.1. The quantitative estimate of drug-likeness (QED) is 0.414. The lowest BCUT2D eigenvalue weighted by molar-refractivity contribution is -0.308. The molecule has 118 valence electrons. The molecule has 5 nitrogen and oxygen atoms in total. The van der Waals surface area contributed by atoms with Gasteiger partial charge in [-0.3, -0.25) is 4.79 Å². The Morgan fingerprint density at radius 2 is 2.04 bits per heavy atom. The first-order chi connectivity index (χ1) is 11.6. The summed E-state index contributed by atoms with van der Waals surface area (Å²) in [5.74, 6) is 0.0899. The summed E-state index contributed by atoms with van der Waals surface area (Å²) in [6.07, 6.45) is 1.80. The van der Waals surface area contributed by atoms with Crippen LogP contribution in [-0.4, -0.2) is 10.4 Å². The Balaban J connectivity index is 1.87. The number of hydrogen-bond donors (Lipinski definition) is 0. The van der Waals surface area contributed by atoms with E-state index >= 15 is 0 Å². The van der Waals surface area contributed by atoms with Gasteiger partial charge in [-0.15, -0.1) is 4.40 Å². The molecular weight excluding hydrogens is 324 g/mol. The number of nitrogens with one attached hydrogen (secondary N) is 1. The van der Waals surface area contributed by atoms with Crippen LogP contribution in [0.4, 0.5) is 0 Å². The summed E-state index contributed by atoms with van der Waals surface area (Å²) in [6.45, 7) is 1.36. The van der Waals surface area contributed by atoms with Crippen molar-refractivity contribution in [3.63, 3.8) is 0 Å². The van der Waals surface area contributed by atoms with Crippen LogP contribution in [0, 0.1) is 0 Å². The van der Waals surface area contributed by atoms with Gasteiger partial charge < -0.3 is 4.74 Å². The lowest BCUT2D eigenvalue weighted by Gasteiger charge is -2.00. The van der Waals surface area contributed by atoms with Crippen molar-refractivity contribution in [2.45, 2.75) is 6.92 Å². The number of benzene rings is 2. The lowest BCUT2D eigenvalue weighted by atomic mass is 10.2. The molecule has 0 aliphatic heterocycles. The SMILES string of the molecule is CC(=O)Oc1cccc(C=c2sc3[nH+]c4ccccc4n3c2=O)c1. The number of carbonyl (C=O) groups is 1. The molecule has 0 radical (unpaired) electrons. The predicted octanol–water partition coefficient (Wildman–Crippen LogP) is 1.80. The van der Waals surface area contributed by atoms with Crippen molar-refractivity contribution in [3.8, 4) is 5.75 Å². The fraction of sp³-hybridized carbons (Fsp3) is 0.0556. The van der Waals surface area contributed by atoms with Crippen LogP contribution in [0.2, 0.25) is 0 Å². The Labute approximate surface area is 140 Å². The number of para-hydroxylation sites is 2. The first kappa shape index (κ1) is 14.6. The van der Waals surface area contributed by atoms with Gasteiger partial charge in [0.1, 0.15) is 10.3 Å². The molecule has 0 spiro atoms. The molecule has 24 heavy (non-hydrogen) atoms. The van der Waals surface area contributed by atoms with E-state index in [9.17, 15) is 9.59 Å². The summed E-state index contributed by atoms with van der Waals surface area (Å²) in [5, 5.41) is 0. The van der Waals surface area contributed by atoms with Gasteiger partial charge in [0.2, 0.25) is 0 Å². The van der Waals surface area contributed by atoms with Crippen LogP contribution in [0.25, 0.3) is 22.1 Å². The fourth-order valence-corrected chi connectivity index (χ4v) is 3.68. The molecule has 0 aliphatic carbocycles. The molecule has 0 unspecified atom stereocenters. The first-order valence-electron chi connectivity index (χ1n) is 7.37. The third kappa shape index (κ3) is 2.47. The number of imidazole rings is 1. The van der Waals surface area contributed by atoms with Gasteiger partial charge in [0, 0.05) is 6.92 Å². The average Bonchev–Trinajstić information content (AvgIpc) is 3.04. The molecule has 2 aromatic heterocycles. The van der Waals surface area contributed by atoms with Crippen LogP contribution >= 0.6 is 11.3 Å². The fourth-order valence-electron chi connectivity index (χ4n) is 2.66. The summed E-state index contributed by atoms with van der Waals surface area (Å²) in [4.78, 5) is 27.8. The maximum absolute atomic E-state index is 12.7. The minimum absolute atomic E-state index is 0.0645. The molecule has 2 heterocycles. The molecule has 0 saturated carbocycles. The molecule has 0 fully saturated rings. The second-order valence-electron chi connectivity index (χ2n) is 5.36. The maximum Gasteiger partial charge on any atom is 0.357 e. The zero-order chi connectivity index (χ0) is 16.7. The maximum atomic E-state index is 12.7. The number of hydrogen-bond acceptors (Lipinski definition) is 4. The van der Waals surface area contributed by atoms with E-state index in [1.54, 1.807) is 28.7 Å². The topological polar surface area (TPSA) is 61.9 Å². The first-order valence-corrected chi connectivity index (χ1v) is 8.19. The van der Waals surface area contributed by atoms with Crippen molar-refractivity contribution in [3.05, 3.63) is 69.0 Å². The molecule has 4 aromatic rings. The Morgan fingerprint density at radius 3 is 2.88 bits per heavy atom. The van der Waals surface area contributed by atoms with Crippen molar-refractivity contribution >= 4 is 39.4 Å². The predicted molar refractivity (Wildman–Crippen MR) is 92.1 cm³/mol. The Kier molecular flexibility index (Phi) is 3.39. The molecule has 4 rings (SSSR count). The van der Waals surface area contributed by atoms with Gasteiger partial charge in [-0.2, -0.15) is 0 Å². The number of fused-ring (bicyclic) bond motifs is 3. The van der Waals surface area contributed by atoms with Crippen LogP contribution in [0.1, 0.15) is 12.5 Å². The molecule has 1 N–H and O–H groups in total. The van der Waals surface area contributed by atoms with E-state index in [2.05, 4.69) is 4.98 Å². The summed E-state index contributed by atoms with van der Waals surface area (Å²) < 4.78 is 7.38. The monoisotopic (exact) mass is 337 g/mol. The van der Waals surface area contributed by atoms with Crippen LogP contribution in [0.5, 0.6) is 5.75 Å². The number of rotatable bonds is 2. The number of nitrogens with zero attached hydrogens (tertiary/aromatic N) is 1. The van der Waals surface area contributed by atoms with E-state index in [4.69, 9.17) is 4.74 Å². The summed E-state index contributed by atoms with van der Waals surface area (Å²) in [5.41, 5.74) is 2.54. The number of aromatic nitrogens is 2. The van der Waals surface area contributed by atoms with Gasteiger partial charge in [0.05, 0.1) is 0 Å². The average molecular weight is 337 g/mol. The molecule has 0 atom stereocenters. The molecule has 0 amide bonds. The zero-order valence-electron chi connectivity index (χ0n) is 12.8. The summed E-state index contributed by atoms with van der Waals surface area (Å²) in [6, 6.07) is 14.8. The van der Waals surface area contributed by atoms with Gasteiger partial charge in [-0.1, -0.05) is 24.3 Å². The summed E-state index contributed by atoms with van der Waals surface area (Å²) in [7, 11) is 0. The van der Waals surface area contributed by atoms with Gasteiger partial charge in [-0.05, 0) is 47.2 Å². The van der Waals surface area contributed by atoms with E-state index < -0.39 is 0 Å². The number of esters is 1. The van der Waals surface area contributed by atoms with E-state index in [-0.39, 0.29) is 11.5 Å². The number of aromatic amines is 1. The van der Waals surface area contributed by atoms with Crippen LogP contribution in [0.3, 0.4) is 0 Å². The van der Waals surface area contributed by atoms with Crippen LogP contribution < -0.4 is 19.8 Å². The van der Waals surface area contributed by atoms with Gasteiger partial charge in [-0.25, -0.2) is 9.78 Å². The minimum Gasteiger partial charge on any atom is -0.427 e. The highest BCUT2D eigenvalue weighted by molar-refractivity contribution is 7.14. The van der Waals surface area contributed by atoms with Crippen molar-refractivity contribution in [1.29, 1.82) is 0 Å². The standard InChI is InChI=1S/C18H12N2O3S/c1-11(21)23-13-6-4-5-12(9-13)10-16-17(22)20-15-8-3-2-7-14(15)19-18(20)24-16/h2-10H,1H3/p+1. The summed E-state index contributed by atoms with van der Waals surface area (Å²) >= 11 is 1.40. The van der Waals surface area contributed by atoms with Crippen molar-refractivity contribution in [2.75, 3.05) is 0 Å². The molecule has 0 aliphatic rings. The van der Waals surface area contributed by atoms with E-state index in [0.29, 0.717) is 10.3 Å². The van der Waals surface area contributed by atoms with Crippen LogP contribution in [-0.2, 0) is 4.79 Å². The number of thiazole rings is 1. The Bertz CT molecular complexity index is 1190. The Hall–Kier alpha value is -2.99. The second-order valence-corrected chi connectivity index (χ2v) is 6.40. The van der Waals surface area contributed by atoms with Gasteiger partial charge in [0.15, 0.2) is 11.0 Å². The highest BCUT2D eigenvalue weighted by Gasteiger charge is 2.17. The second kappa shape index (κ2) is 5.58. The minimum atomic E-state index is -0.372. The molecule has 2 aromatic carbocycles. The molecule has 6 heteroatoms. The van der Waals surface area contributed by atoms with E-state index in [1.165, 1.54) is 18.3 Å². The van der Waals surface area contributed by atoms with Gasteiger partial charge in [0.25, 0.3) is 0 Å². The third-order valence-electron chi connectivity index (χ3n) is 3.63. The smallest absolute Gasteiger partial charge is 0.357 e. The number of carbonyl (C=O) groups excluding carboxylic acids is 1. The van der Waals surface area contributed by atoms with E-state index in [1.807, 2.05) is 30.3 Å². The highest BCUT2D eigenvalue weighted by Crippen LogP contribution is 2.15. The van der Waals surface area contributed by atoms with Crippen molar-refractivity contribution < 1.29 is 14.5 Å². The third-order valence-corrected chi connectivity index (χ3v) is 4.62. The normalized spacial score (nSPS) is 12.1. The van der Waals surface area contributed by atoms with E-state index in [0.717, 1.165) is 21.6 Å². The molecule has 0 saturated heterocycles. The largest absolute Gasteiger partial charge is 0.427 e. The molecule has 0 bridgehead atoms. The number of ether oxygens (including phenoxy) is 1. The van der Waals surface area contributed by atoms with Crippen molar-refractivity contribution in [1.82, 2.24) is 4.40 Å². The van der Waals surface area contributed by atoms with Gasteiger partial charge >= 0.3 is 16.5 Å². The lowest BCUT2D eigenvalue weighted by Crippen LogP contribution is -2.22. The number of H-pyrrole nitrogens is 1. The van der Waals surface area contributed by atoms with Crippen LogP contribution in [0.15, 0.2) is 53.3 Å². The molecular formula is C18H13N2O3S+. The Morgan fingerprint density at radius 1 is 1.21 bits per heavy atom. The van der Waals surface area contributed by atoms with Crippen molar-refractivity contribution in [2.24, 2.45) is 0 Å². The zero-order valence-corrected chi connectivity index (χ0v) is 13.6.